The van der Waals surface area contributed by atoms with Gasteiger partial charge in [-0.05, 0) is 25.0 Å². The zero-order valence-electron chi connectivity index (χ0n) is 13.9. The Bertz CT molecular complexity index is 772. The molecule has 0 radical (unpaired) electrons. The highest BCUT2D eigenvalue weighted by Gasteiger charge is 2.23. The molecule has 0 unspecified atom stereocenters. The third kappa shape index (κ3) is 3.84. The third-order valence-corrected chi connectivity index (χ3v) is 4.20. The fourth-order valence-corrected chi connectivity index (χ4v) is 2.82. The molecule has 1 aliphatic rings. The van der Waals surface area contributed by atoms with Gasteiger partial charge in [-0.3, -0.25) is 4.79 Å². The van der Waals surface area contributed by atoms with Crippen molar-refractivity contribution in [3.63, 3.8) is 0 Å². The summed E-state index contributed by atoms with van der Waals surface area (Å²) in [6, 6.07) is 2.95. The van der Waals surface area contributed by atoms with Crippen LogP contribution in [0.1, 0.15) is 42.0 Å². The number of hydrogen-bond acceptors (Lipinski definition) is 3. The largest absolute Gasteiger partial charge is 0.479 e. The molecule has 1 aliphatic heterocycles. The van der Waals surface area contributed by atoms with Crippen molar-refractivity contribution in [1.29, 1.82) is 0 Å². The first-order chi connectivity index (χ1) is 12.5. The summed E-state index contributed by atoms with van der Waals surface area (Å²) in [4.78, 5) is 14.1. The number of carbonyl (C=O) groups is 1. The van der Waals surface area contributed by atoms with Crippen molar-refractivity contribution in [2.24, 2.45) is 0 Å². The Balaban J connectivity index is 1.69. The van der Waals surface area contributed by atoms with Crippen molar-refractivity contribution in [2.75, 3.05) is 13.1 Å². The minimum Gasteiger partial charge on any atom is -0.479 e. The molecule has 1 fully saturated rings. The van der Waals surface area contributed by atoms with Gasteiger partial charge in [0.05, 0.1) is 0 Å². The van der Waals surface area contributed by atoms with Gasteiger partial charge in [0.15, 0.2) is 23.1 Å². The molecule has 1 aromatic heterocycles. The SMILES string of the molecule is O=C(c1ccc(COc2c(F)c(F)cc(F)c2F)o1)N1CCCCCC1. The van der Waals surface area contributed by atoms with Crippen molar-refractivity contribution >= 4 is 5.91 Å². The maximum absolute atomic E-state index is 13.6. The molecule has 1 aromatic carbocycles. The van der Waals surface area contributed by atoms with E-state index >= 15 is 0 Å². The van der Waals surface area contributed by atoms with Gasteiger partial charge in [0.1, 0.15) is 12.4 Å². The second-order valence-corrected chi connectivity index (χ2v) is 6.06. The molecule has 3 rings (SSSR count). The van der Waals surface area contributed by atoms with Crippen LogP contribution in [0.15, 0.2) is 22.6 Å². The number of ether oxygens (including phenoxy) is 1. The van der Waals surface area contributed by atoms with Crippen LogP contribution < -0.4 is 4.74 Å². The third-order valence-electron chi connectivity index (χ3n) is 4.20. The topological polar surface area (TPSA) is 42.7 Å². The Kier molecular flexibility index (Phi) is 5.49. The summed E-state index contributed by atoms with van der Waals surface area (Å²) in [6.07, 6.45) is 3.99. The highest BCUT2D eigenvalue weighted by molar-refractivity contribution is 5.91. The van der Waals surface area contributed by atoms with Gasteiger partial charge in [0.25, 0.3) is 5.91 Å². The minimum absolute atomic E-state index is 0.0804. The summed E-state index contributed by atoms with van der Waals surface area (Å²) in [7, 11) is 0. The summed E-state index contributed by atoms with van der Waals surface area (Å²) >= 11 is 0. The maximum Gasteiger partial charge on any atom is 0.289 e. The molecule has 140 valence electrons. The van der Waals surface area contributed by atoms with Crippen LogP contribution in [0.3, 0.4) is 0 Å². The molecule has 0 N–H and O–H groups in total. The quantitative estimate of drug-likeness (QED) is 0.590. The summed E-state index contributed by atoms with van der Waals surface area (Å²) in [5.74, 6) is -7.63. The number of hydrogen-bond donors (Lipinski definition) is 0. The van der Waals surface area contributed by atoms with E-state index in [0.717, 1.165) is 25.7 Å². The average Bonchev–Trinajstić information content (AvgIpc) is 2.92. The van der Waals surface area contributed by atoms with Crippen molar-refractivity contribution in [1.82, 2.24) is 4.90 Å². The van der Waals surface area contributed by atoms with Crippen LogP contribution in [0.25, 0.3) is 0 Å². The number of halogens is 4. The minimum atomic E-state index is -1.63. The normalized spacial score (nSPS) is 15.0. The van der Waals surface area contributed by atoms with Crippen LogP contribution in [0.2, 0.25) is 0 Å². The molecule has 2 aromatic rings. The smallest absolute Gasteiger partial charge is 0.289 e. The molecular formula is C18H17F4NO3. The number of benzene rings is 1. The van der Waals surface area contributed by atoms with E-state index in [0.29, 0.717) is 13.1 Å². The summed E-state index contributed by atoms with van der Waals surface area (Å²) in [5, 5.41) is 0. The first kappa shape index (κ1) is 18.3. The number of rotatable bonds is 4. The fourth-order valence-electron chi connectivity index (χ4n) is 2.82. The molecule has 0 bridgehead atoms. The number of furan rings is 1. The van der Waals surface area contributed by atoms with Gasteiger partial charge in [-0.15, -0.1) is 0 Å². The van der Waals surface area contributed by atoms with Gasteiger partial charge in [0, 0.05) is 19.2 Å². The van der Waals surface area contributed by atoms with Crippen molar-refractivity contribution in [3.05, 3.63) is 53.0 Å². The zero-order chi connectivity index (χ0) is 18.7. The Labute approximate surface area is 147 Å². The van der Waals surface area contributed by atoms with Crippen LogP contribution in [0.5, 0.6) is 5.75 Å². The van der Waals surface area contributed by atoms with Gasteiger partial charge in [-0.1, -0.05) is 12.8 Å². The standard InChI is InChI=1S/C18H17F4NO3/c19-12-9-13(20)16(22)17(15(12)21)25-10-11-5-6-14(26-11)18(24)23-7-3-1-2-4-8-23/h5-6,9H,1-4,7-8,10H2. The Hall–Kier alpha value is -2.51. The van der Waals surface area contributed by atoms with E-state index in [1.807, 2.05) is 0 Å². The van der Waals surface area contributed by atoms with Crippen LogP contribution in [0, 0.1) is 23.3 Å². The molecule has 0 spiro atoms. The molecular weight excluding hydrogens is 354 g/mol. The lowest BCUT2D eigenvalue weighted by Crippen LogP contribution is -2.31. The van der Waals surface area contributed by atoms with E-state index in [-0.39, 0.29) is 23.5 Å². The molecule has 2 heterocycles. The number of likely N-dealkylation sites (tertiary alicyclic amines) is 1. The molecule has 1 amide bonds. The molecule has 8 heteroatoms. The van der Waals surface area contributed by atoms with E-state index in [1.165, 1.54) is 12.1 Å². The molecule has 26 heavy (non-hydrogen) atoms. The maximum atomic E-state index is 13.6. The molecule has 0 aliphatic carbocycles. The summed E-state index contributed by atoms with van der Waals surface area (Å²) in [5.41, 5.74) is 0. The molecule has 0 saturated carbocycles. The lowest BCUT2D eigenvalue weighted by molar-refractivity contribution is 0.0725. The van der Waals surface area contributed by atoms with E-state index in [2.05, 4.69) is 0 Å². The van der Waals surface area contributed by atoms with E-state index in [4.69, 9.17) is 9.15 Å². The molecule has 1 saturated heterocycles. The number of amides is 1. The zero-order valence-corrected chi connectivity index (χ0v) is 13.9. The van der Waals surface area contributed by atoms with Gasteiger partial charge >= 0.3 is 0 Å². The number of carbonyl (C=O) groups excluding carboxylic acids is 1. The monoisotopic (exact) mass is 371 g/mol. The highest BCUT2D eigenvalue weighted by atomic mass is 19.2. The van der Waals surface area contributed by atoms with Crippen LogP contribution in [0.4, 0.5) is 17.6 Å². The lowest BCUT2D eigenvalue weighted by atomic mass is 10.2. The Morgan fingerprint density at radius 1 is 1.00 bits per heavy atom. The summed E-state index contributed by atoms with van der Waals surface area (Å²) < 4.78 is 63.6. The van der Waals surface area contributed by atoms with Crippen molar-refractivity contribution in [3.8, 4) is 5.75 Å². The van der Waals surface area contributed by atoms with Crippen LogP contribution in [-0.4, -0.2) is 23.9 Å². The van der Waals surface area contributed by atoms with Crippen molar-refractivity contribution < 1.29 is 31.5 Å². The predicted octanol–water partition coefficient (Wildman–Crippen LogP) is 4.43. The van der Waals surface area contributed by atoms with E-state index in [9.17, 15) is 22.4 Å². The molecule has 4 nitrogen and oxygen atoms in total. The van der Waals surface area contributed by atoms with Gasteiger partial charge < -0.3 is 14.1 Å². The second-order valence-electron chi connectivity index (χ2n) is 6.06. The highest BCUT2D eigenvalue weighted by Crippen LogP contribution is 2.27. The van der Waals surface area contributed by atoms with Gasteiger partial charge in [0.2, 0.25) is 11.6 Å². The molecule has 0 atom stereocenters. The first-order valence-electron chi connectivity index (χ1n) is 8.31. The van der Waals surface area contributed by atoms with E-state index < -0.39 is 35.6 Å². The van der Waals surface area contributed by atoms with Crippen molar-refractivity contribution in [2.45, 2.75) is 32.3 Å². The van der Waals surface area contributed by atoms with Gasteiger partial charge in [-0.2, -0.15) is 8.78 Å². The Morgan fingerprint density at radius 2 is 1.62 bits per heavy atom. The van der Waals surface area contributed by atoms with Crippen LogP contribution >= 0.6 is 0 Å². The Morgan fingerprint density at radius 3 is 2.23 bits per heavy atom. The number of nitrogens with zero attached hydrogens (tertiary/aromatic N) is 1. The van der Waals surface area contributed by atoms with E-state index in [1.54, 1.807) is 4.90 Å². The first-order valence-corrected chi connectivity index (χ1v) is 8.31. The van der Waals surface area contributed by atoms with Gasteiger partial charge in [-0.25, -0.2) is 8.78 Å². The van der Waals surface area contributed by atoms with Crippen LogP contribution in [-0.2, 0) is 6.61 Å². The average molecular weight is 371 g/mol. The summed E-state index contributed by atoms with van der Waals surface area (Å²) in [6.45, 7) is 0.804. The predicted molar refractivity (Wildman–Crippen MR) is 83.7 cm³/mol. The fraction of sp³-hybridized carbons (Fsp3) is 0.389. The second kappa shape index (κ2) is 7.80. The lowest BCUT2D eigenvalue weighted by Gasteiger charge is -2.18.